The Kier molecular flexibility index (Phi) is 7.44. The van der Waals surface area contributed by atoms with Crippen molar-refractivity contribution in [1.82, 2.24) is 0 Å². The summed E-state index contributed by atoms with van der Waals surface area (Å²) in [6.45, 7) is 8.36. The number of Topliss-reactive ketones (excluding diaryl/α,β-unsaturated/α-hetero) is 1. The third-order valence-corrected chi connectivity index (χ3v) is 5.93. The average molecular weight is 486 g/mol. The lowest BCUT2D eigenvalue weighted by molar-refractivity contribution is -0.132. The molecule has 6 nitrogen and oxygen atoms in total. The largest absolute Gasteiger partial charge is 0.507 e. The second-order valence-electron chi connectivity index (χ2n) is 9.07. The Labute approximate surface area is 211 Å². The number of amides is 1. The highest BCUT2D eigenvalue weighted by Gasteiger charge is 2.47. The number of rotatable bonds is 8. The van der Waals surface area contributed by atoms with Crippen LogP contribution >= 0.6 is 0 Å². The number of hydrogen-bond donors (Lipinski definition) is 1. The fourth-order valence-corrected chi connectivity index (χ4v) is 4.36. The molecular formula is C30H31NO5. The van der Waals surface area contributed by atoms with Crippen molar-refractivity contribution < 1.29 is 24.2 Å². The predicted octanol–water partition coefficient (Wildman–Crippen LogP) is 6.20. The fourth-order valence-electron chi connectivity index (χ4n) is 4.36. The number of aliphatic hydroxyl groups excluding tert-OH is 1. The number of hydrogen-bond acceptors (Lipinski definition) is 5. The summed E-state index contributed by atoms with van der Waals surface area (Å²) in [4.78, 5) is 28.1. The van der Waals surface area contributed by atoms with Crippen LogP contribution in [0.2, 0.25) is 0 Å². The number of aliphatic hydroxyl groups is 1. The molecule has 6 heteroatoms. The number of anilines is 1. The molecule has 1 heterocycles. The van der Waals surface area contributed by atoms with Crippen molar-refractivity contribution in [3.05, 3.63) is 95.1 Å². The molecule has 0 aliphatic carbocycles. The molecule has 3 aromatic carbocycles. The summed E-state index contributed by atoms with van der Waals surface area (Å²) < 4.78 is 11.6. The topological polar surface area (TPSA) is 76.1 Å². The van der Waals surface area contributed by atoms with Gasteiger partial charge in [-0.1, -0.05) is 37.3 Å². The van der Waals surface area contributed by atoms with Crippen LogP contribution in [0, 0.1) is 6.92 Å². The number of benzene rings is 3. The van der Waals surface area contributed by atoms with Gasteiger partial charge in [0.1, 0.15) is 17.3 Å². The van der Waals surface area contributed by atoms with Gasteiger partial charge in [-0.25, -0.2) is 0 Å². The first kappa shape index (κ1) is 25.0. The van der Waals surface area contributed by atoms with Crippen LogP contribution in [-0.4, -0.2) is 29.5 Å². The minimum Gasteiger partial charge on any atom is -0.507 e. The maximum atomic E-state index is 13.4. The Morgan fingerprint density at radius 3 is 2.42 bits per heavy atom. The smallest absolute Gasteiger partial charge is 0.300 e. The molecule has 1 aliphatic heterocycles. The van der Waals surface area contributed by atoms with Gasteiger partial charge in [-0.05, 0) is 80.8 Å². The zero-order valence-corrected chi connectivity index (χ0v) is 21.0. The van der Waals surface area contributed by atoms with E-state index in [1.165, 1.54) is 4.90 Å². The van der Waals surface area contributed by atoms with Gasteiger partial charge >= 0.3 is 0 Å². The second kappa shape index (κ2) is 10.7. The van der Waals surface area contributed by atoms with E-state index in [-0.39, 0.29) is 17.4 Å². The molecule has 1 atom stereocenters. The number of aryl methyl sites for hydroxylation is 1. The second-order valence-corrected chi connectivity index (χ2v) is 9.07. The molecule has 3 aromatic rings. The molecule has 1 aliphatic rings. The quantitative estimate of drug-likeness (QED) is 0.234. The van der Waals surface area contributed by atoms with Crippen molar-refractivity contribution in [2.45, 2.75) is 46.3 Å². The highest BCUT2D eigenvalue weighted by Crippen LogP contribution is 2.43. The van der Waals surface area contributed by atoms with Gasteiger partial charge in [0, 0.05) is 11.3 Å². The molecular weight excluding hydrogens is 454 g/mol. The average Bonchev–Trinajstić information content (AvgIpc) is 3.13. The first-order valence-electron chi connectivity index (χ1n) is 12.2. The van der Waals surface area contributed by atoms with Crippen LogP contribution < -0.4 is 14.4 Å². The number of carbonyl (C=O) groups is 2. The summed E-state index contributed by atoms with van der Waals surface area (Å²) in [5.41, 5.74) is 2.54. The first-order valence-corrected chi connectivity index (χ1v) is 12.2. The number of nitrogens with zero attached hydrogens (tertiary/aromatic N) is 1. The third-order valence-electron chi connectivity index (χ3n) is 5.93. The standard InChI is InChI=1S/C30H31NO5/c1-5-16-35-25-15-14-22(17-20(25)4)28(32)26-27(21-10-9-13-24(18-21)36-19(2)3)31(30(34)29(26)33)23-11-7-6-8-12-23/h6-15,17-19,27,32H,5,16H2,1-4H3/b28-26+. The maximum absolute atomic E-state index is 13.4. The minimum absolute atomic E-state index is 0.0344. The summed E-state index contributed by atoms with van der Waals surface area (Å²) in [5.74, 6) is -0.317. The van der Waals surface area contributed by atoms with Crippen molar-refractivity contribution in [3.63, 3.8) is 0 Å². The van der Waals surface area contributed by atoms with Crippen LogP contribution in [0.15, 0.2) is 78.4 Å². The Morgan fingerprint density at radius 2 is 1.75 bits per heavy atom. The van der Waals surface area contributed by atoms with E-state index in [2.05, 4.69) is 0 Å². The lowest BCUT2D eigenvalue weighted by Crippen LogP contribution is -2.29. The normalized spacial score (nSPS) is 17.0. The predicted molar refractivity (Wildman–Crippen MR) is 140 cm³/mol. The maximum Gasteiger partial charge on any atom is 0.300 e. The van der Waals surface area contributed by atoms with E-state index in [1.807, 2.05) is 70.2 Å². The van der Waals surface area contributed by atoms with Crippen LogP contribution in [0.5, 0.6) is 11.5 Å². The molecule has 1 unspecified atom stereocenters. The number of ketones is 1. The van der Waals surface area contributed by atoms with Crippen molar-refractivity contribution in [1.29, 1.82) is 0 Å². The van der Waals surface area contributed by atoms with E-state index in [1.54, 1.807) is 30.3 Å². The van der Waals surface area contributed by atoms with Gasteiger partial charge in [0.15, 0.2) is 0 Å². The molecule has 1 fully saturated rings. The van der Waals surface area contributed by atoms with Gasteiger partial charge in [0.2, 0.25) is 0 Å². The first-order chi connectivity index (χ1) is 17.3. The van der Waals surface area contributed by atoms with Crippen molar-refractivity contribution in [2.75, 3.05) is 11.5 Å². The van der Waals surface area contributed by atoms with Crippen LogP contribution in [0.25, 0.3) is 5.76 Å². The molecule has 36 heavy (non-hydrogen) atoms. The van der Waals surface area contributed by atoms with Crippen LogP contribution in [0.3, 0.4) is 0 Å². The Hall–Kier alpha value is -4.06. The van der Waals surface area contributed by atoms with E-state index in [4.69, 9.17) is 9.47 Å². The molecule has 0 saturated carbocycles. The van der Waals surface area contributed by atoms with Gasteiger partial charge in [0.25, 0.3) is 11.7 Å². The van der Waals surface area contributed by atoms with E-state index >= 15 is 0 Å². The van der Waals surface area contributed by atoms with Crippen molar-refractivity contribution in [3.8, 4) is 11.5 Å². The highest BCUT2D eigenvalue weighted by atomic mass is 16.5. The SMILES string of the molecule is CCCOc1ccc(/C(O)=C2\C(=O)C(=O)N(c3ccccc3)C2c2cccc(OC(C)C)c2)cc1C. The lowest BCUT2D eigenvalue weighted by Gasteiger charge is -2.26. The van der Waals surface area contributed by atoms with E-state index < -0.39 is 17.7 Å². The highest BCUT2D eigenvalue weighted by molar-refractivity contribution is 6.51. The summed E-state index contributed by atoms with van der Waals surface area (Å²) in [5, 5.41) is 11.4. The number of para-hydroxylation sites is 1. The van der Waals surface area contributed by atoms with Crippen LogP contribution in [-0.2, 0) is 9.59 Å². The Bertz CT molecular complexity index is 1300. The zero-order valence-electron chi connectivity index (χ0n) is 21.0. The van der Waals surface area contributed by atoms with Crippen molar-refractivity contribution >= 4 is 23.1 Å². The van der Waals surface area contributed by atoms with Gasteiger partial charge in [-0.2, -0.15) is 0 Å². The molecule has 186 valence electrons. The molecule has 0 spiro atoms. The van der Waals surface area contributed by atoms with E-state index in [9.17, 15) is 14.7 Å². The molecule has 1 saturated heterocycles. The molecule has 0 aromatic heterocycles. The Morgan fingerprint density at radius 1 is 1.00 bits per heavy atom. The van der Waals surface area contributed by atoms with Gasteiger partial charge in [-0.15, -0.1) is 0 Å². The Balaban J connectivity index is 1.87. The van der Waals surface area contributed by atoms with E-state index in [0.29, 0.717) is 34.9 Å². The summed E-state index contributed by atoms with van der Waals surface area (Å²) in [6, 6.07) is 20.7. The molecule has 4 rings (SSSR count). The van der Waals surface area contributed by atoms with Gasteiger partial charge < -0.3 is 14.6 Å². The molecule has 1 N–H and O–H groups in total. The summed E-state index contributed by atoms with van der Waals surface area (Å²) in [6.07, 6.45) is 0.834. The monoisotopic (exact) mass is 485 g/mol. The molecule has 1 amide bonds. The van der Waals surface area contributed by atoms with Gasteiger partial charge in [0.05, 0.1) is 24.3 Å². The van der Waals surface area contributed by atoms with Crippen LogP contribution in [0.4, 0.5) is 5.69 Å². The summed E-state index contributed by atoms with van der Waals surface area (Å²) in [7, 11) is 0. The molecule has 0 bridgehead atoms. The van der Waals surface area contributed by atoms with E-state index in [0.717, 1.165) is 12.0 Å². The third kappa shape index (κ3) is 4.98. The molecule has 0 radical (unpaired) electrons. The number of ether oxygens (including phenoxy) is 2. The van der Waals surface area contributed by atoms with Crippen LogP contribution in [0.1, 0.15) is 49.9 Å². The number of carbonyl (C=O) groups excluding carboxylic acids is 2. The lowest BCUT2D eigenvalue weighted by atomic mass is 9.94. The fraction of sp³-hybridized carbons (Fsp3) is 0.267. The van der Waals surface area contributed by atoms with Gasteiger partial charge in [-0.3, -0.25) is 14.5 Å². The minimum atomic E-state index is -0.820. The zero-order chi connectivity index (χ0) is 25.8. The summed E-state index contributed by atoms with van der Waals surface area (Å²) >= 11 is 0. The van der Waals surface area contributed by atoms with Crippen molar-refractivity contribution in [2.24, 2.45) is 0 Å².